The van der Waals surface area contributed by atoms with E-state index < -0.39 is 4.92 Å². The number of rotatable bonds is 5. The average molecular weight is 294 g/mol. The minimum absolute atomic E-state index is 0.0266. The maximum Gasteiger partial charge on any atom is 0.311 e. The number of nitro groups is 1. The quantitative estimate of drug-likeness (QED) is 0.659. The van der Waals surface area contributed by atoms with Crippen LogP contribution in [0.5, 0.6) is 0 Å². The van der Waals surface area contributed by atoms with Gasteiger partial charge in [0.15, 0.2) is 0 Å². The molecule has 0 aliphatic carbocycles. The lowest BCUT2D eigenvalue weighted by molar-refractivity contribution is -0.384. The first kappa shape index (κ1) is 15.7. The Balaban J connectivity index is 1.90. The first-order valence-electron chi connectivity index (χ1n) is 7.18. The molecule has 1 aromatic heterocycles. The topological polar surface area (TPSA) is 80.5 Å². The second-order valence-corrected chi connectivity index (χ2v) is 5.58. The summed E-state index contributed by atoms with van der Waals surface area (Å²) < 4.78 is 5.68. The Bertz CT molecular complexity index is 499. The summed E-state index contributed by atoms with van der Waals surface area (Å²) in [5, 5.41) is 14.1. The average Bonchev–Trinajstić information content (AvgIpc) is 2.39. The molecule has 0 saturated carbocycles. The van der Waals surface area contributed by atoms with Crippen LogP contribution in [0.2, 0.25) is 0 Å². The lowest BCUT2D eigenvalue weighted by atomic mass is 10.2. The molecule has 1 saturated heterocycles. The lowest BCUT2D eigenvalue weighted by Crippen LogP contribution is -2.46. The molecule has 2 heterocycles. The molecule has 1 aromatic rings. The highest BCUT2D eigenvalue weighted by atomic mass is 16.6. The predicted octanol–water partition coefficient (Wildman–Crippen LogP) is 1.82. The SMILES string of the molecule is Cc1cnc(NCCN2C[C@H](C)O[C@@H](C)C2)c([N+](=O)[O-])c1. The second kappa shape index (κ2) is 6.82. The fourth-order valence-electron chi connectivity index (χ4n) is 2.63. The van der Waals surface area contributed by atoms with Gasteiger partial charge in [0.25, 0.3) is 0 Å². The summed E-state index contributed by atoms with van der Waals surface area (Å²) >= 11 is 0. The number of ether oxygens (including phenoxy) is 1. The summed E-state index contributed by atoms with van der Waals surface area (Å²) in [5.41, 5.74) is 0.807. The van der Waals surface area contributed by atoms with Crippen LogP contribution in [-0.2, 0) is 4.74 Å². The van der Waals surface area contributed by atoms with Crippen molar-refractivity contribution >= 4 is 11.5 Å². The Labute approximate surface area is 124 Å². The van der Waals surface area contributed by atoms with Crippen LogP contribution in [0.3, 0.4) is 0 Å². The van der Waals surface area contributed by atoms with Crippen LogP contribution in [-0.4, -0.2) is 53.2 Å². The Kier molecular flexibility index (Phi) is 5.08. The number of anilines is 1. The highest BCUT2D eigenvalue weighted by molar-refractivity contribution is 5.56. The van der Waals surface area contributed by atoms with Crippen LogP contribution < -0.4 is 5.32 Å². The molecule has 2 rings (SSSR count). The molecule has 0 bridgehead atoms. The Morgan fingerprint density at radius 1 is 1.48 bits per heavy atom. The standard InChI is InChI=1S/C14H22N4O3/c1-10-6-13(18(19)20)14(16-7-10)15-4-5-17-8-11(2)21-12(3)9-17/h6-7,11-12H,4-5,8-9H2,1-3H3,(H,15,16)/t11-,12-/m0/s1. The van der Waals surface area contributed by atoms with E-state index in [4.69, 9.17) is 4.74 Å². The molecule has 2 atom stereocenters. The minimum atomic E-state index is -0.402. The van der Waals surface area contributed by atoms with Crippen molar-refractivity contribution in [2.75, 3.05) is 31.5 Å². The van der Waals surface area contributed by atoms with E-state index in [1.54, 1.807) is 13.1 Å². The van der Waals surface area contributed by atoms with E-state index >= 15 is 0 Å². The first-order valence-corrected chi connectivity index (χ1v) is 7.18. The van der Waals surface area contributed by atoms with Crippen LogP contribution in [0.15, 0.2) is 12.3 Å². The van der Waals surface area contributed by atoms with Gasteiger partial charge in [-0.2, -0.15) is 0 Å². The van der Waals surface area contributed by atoms with Crippen molar-refractivity contribution in [3.05, 3.63) is 27.9 Å². The third kappa shape index (κ3) is 4.37. The zero-order valence-electron chi connectivity index (χ0n) is 12.7. The molecule has 0 spiro atoms. The number of nitrogens with zero attached hydrogens (tertiary/aromatic N) is 3. The van der Waals surface area contributed by atoms with Gasteiger partial charge in [0.1, 0.15) is 0 Å². The maximum absolute atomic E-state index is 11.0. The van der Waals surface area contributed by atoms with Gasteiger partial charge in [-0.05, 0) is 26.3 Å². The van der Waals surface area contributed by atoms with Gasteiger partial charge in [0, 0.05) is 38.4 Å². The van der Waals surface area contributed by atoms with Gasteiger partial charge in [0.2, 0.25) is 5.82 Å². The van der Waals surface area contributed by atoms with Crippen molar-refractivity contribution in [1.82, 2.24) is 9.88 Å². The number of morpholine rings is 1. The smallest absolute Gasteiger partial charge is 0.311 e. The van der Waals surface area contributed by atoms with Crippen molar-refractivity contribution in [2.24, 2.45) is 0 Å². The number of hydrogen-bond acceptors (Lipinski definition) is 6. The van der Waals surface area contributed by atoms with E-state index in [2.05, 4.69) is 29.0 Å². The number of aryl methyl sites for hydroxylation is 1. The molecule has 21 heavy (non-hydrogen) atoms. The summed E-state index contributed by atoms with van der Waals surface area (Å²) in [6, 6.07) is 1.54. The van der Waals surface area contributed by atoms with Crippen LogP contribution >= 0.6 is 0 Å². The molecule has 0 amide bonds. The van der Waals surface area contributed by atoms with E-state index in [-0.39, 0.29) is 17.9 Å². The van der Waals surface area contributed by atoms with E-state index in [0.717, 1.165) is 25.2 Å². The first-order chi connectivity index (χ1) is 9.95. The van der Waals surface area contributed by atoms with E-state index in [0.29, 0.717) is 12.4 Å². The monoisotopic (exact) mass is 294 g/mol. The normalized spacial score (nSPS) is 23.0. The predicted molar refractivity (Wildman–Crippen MR) is 80.6 cm³/mol. The third-order valence-corrected chi connectivity index (χ3v) is 3.42. The van der Waals surface area contributed by atoms with Crippen molar-refractivity contribution in [2.45, 2.75) is 33.0 Å². The zero-order valence-corrected chi connectivity index (χ0v) is 12.7. The summed E-state index contributed by atoms with van der Waals surface area (Å²) in [4.78, 5) is 17.0. The van der Waals surface area contributed by atoms with Gasteiger partial charge >= 0.3 is 5.69 Å². The third-order valence-electron chi connectivity index (χ3n) is 3.42. The molecule has 0 unspecified atom stereocenters. The maximum atomic E-state index is 11.0. The van der Waals surface area contributed by atoms with E-state index in [9.17, 15) is 10.1 Å². The van der Waals surface area contributed by atoms with Crippen LogP contribution in [0, 0.1) is 17.0 Å². The van der Waals surface area contributed by atoms with Crippen molar-refractivity contribution < 1.29 is 9.66 Å². The molecule has 116 valence electrons. The fourth-order valence-corrected chi connectivity index (χ4v) is 2.63. The number of nitrogens with one attached hydrogen (secondary N) is 1. The molecule has 1 fully saturated rings. The van der Waals surface area contributed by atoms with Gasteiger partial charge in [0.05, 0.1) is 17.1 Å². The molecule has 7 nitrogen and oxygen atoms in total. The Hall–Kier alpha value is -1.73. The summed E-state index contributed by atoms with van der Waals surface area (Å²) in [6.07, 6.45) is 2.08. The molecule has 7 heteroatoms. The Morgan fingerprint density at radius 3 is 2.76 bits per heavy atom. The largest absolute Gasteiger partial charge is 0.373 e. The number of pyridine rings is 1. The molecular formula is C14H22N4O3. The minimum Gasteiger partial charge on any atom is -0.373 e. The van der Waals surface area contributed by atoms with Crippen molar-refractivity contribution in [1.29, 1.82) is 0 Å². The highest BCUT2D eigenvalue weighted by Gasteiger charge is 2.22. The van der Waals surface area contributed by atoms with Crippen LogP contribution in [0.4, 0.5) is 11.5 Å². The molecule has 1 aliphatic heterocycles. The molecular weight excluding hydrogens is 272 g/mol. The Morgan fingerprint density at radius 2 is 2.14 bits per heavy atom. The van der Waals surface area contributed by atoms with E-state index in [1.165, 1.54) is 6.07 Å². The number of hydrogen-bond donors (Lipinski definition) is 1. The zero-order chi connectivity index (χ0) is 15.4. The van der Waals surface area contributed by atoms with Crippen molar-refractivity contribution in [3.63, 3.8) is 0 Å². The summed E-state index contributed by atoms with van der Waals surface area (Å²) in [7, 11) is 0. The number of aromatic nitrogens is 1. The molecule has 0 radical (unpaired) electrons. The van der Waals surface area contributed by atoms with Crippen LogP contribution in [0.1, 0.15) is 19.4 Å². The fraction of sp³-hybridized carbons (Fsp3) is 0.643. The van der Waals surface area contributed by atoms with Gasteiger partial charge in [-0.25, -0.2) is 4.98 Å². The van der Waals surface area contributed by atoms with Gasteiger partial charge in [-0.3, -0.25) is 15.0 Å². The van der Waals surface area contributed by atoms with Crippen molar-refractivity contribution in [3.8, 4) is 0 Å². The van der Waals surface area contributed by atoms with Gasteiger partial charge in [-0.15, -0.1) is 0 Å². The van der Waals surface area contributed by atoms with Crippen LogP contribution in [0.25, 0.3) is 0 Å². The lowest BCUT2D eigenvalue weighted by Gasteiger charge is -2.35. The van der Waals surface area contributed by atoms with Gasteiger partial charge < -0.3 is 10.1 Å². The summed E-state index contributed by atoms with van der Waals surface area (Å²) in [6.45, 7) is 9.11. The molecule has 0 aromatic carbocycles. The molecule has 1 N–H and O–H groups in total. The second-order valence-electron chi connectivity index (χ2n) is 5.58. The highest BCUT2D eigenvalue weighted by Crippen LogP contribution is 2.22. The molecule has 1 aliphatic rings. The summed E-state index contributed by atoms with van der Waals surface area (Å²) in [5.74, 6) is 0.333. The van der Waals surface area contributed by atoms with E-state index in [1.807, 2.05) is 0 Å². The van der Waals surface area contributed by atoms with Gasteiger partial charge in [-0.1, -0.05) is 0 Å².